The van der Waals surface area contributed by atoms with Crippen LogP contribution in [0.2, 0.25) is 0 Å². The maximum Gasteiger partial charge on any atom is 0.348 e. The fraction of sp³-hybridized carbons (Fsp3) is 0.188. The molecule has 5 nitrogen and oxygen atoms in total. The highest BCUT2D eigenvalue weighted by molar-refractivity contribution is 7.15. The summed E-state index contributed by atoms with van der Waals surface area (Å²) in [4.78, 5) is 35.7. The van der Waals surface area contributed by atoms with Gasteiger partial charge < -0.3 is 9.47 Å². The van der Waals surface area contributed by atoms with Crippen molar-refractivity contribution in [3.05, 3.63) is 51.5 Å². The lowest BCUT2D eigenvalue weighted by Crippen LogP contribution is -2.14. The zero-order valence-electron chi connectivity index (χ0n) is 12.4. The molecule has 0 N–H and O–H groups in total. The lowest BCUT2D eigenvalue weighted by atomic mass is 10.1. The molecule has 0 atom stereocenters. The zero-order chi connectivity index (χ0) is 17.0. The third-order valence-electron chi connectivity index (χ3n) is 2.95. The number of halogens is 1. The van der Waals surface area contributed by atoms with Gasteiger partial charge >= 0.3 is 5.97 Å². The van der Waals surface area contributed by atoms with Gasteiger partial charge in [0, 0.05) is 0 Å². The number of hydrogen-bond acceptors (Lipinski definition) is 6. The van der Waals surface area contributed by atoms with E-state index in [1.54, 1.807) is 0 Å². The molecule has 0 bridgehead atoms. The average molecular weight is 336 g/mol. The maximum atomic E-state index is 13.2. The van der Waals surface area contributed by atoms with Crippen LogP contribution in [0.3, 0.4) is 0 Å². The SMILES string of the molecule is COc1ccc(F)cc1C(=O)COC(=O)c1ccc(C(C)=O)s1. The van der Waals surface area contributed by atoms with Gasteiger partial charge in [0.1, 0.15) is 16.4 Å². The number of carbonyl (C=O) groups excluding carboxylic acids is 3. The van der Waals surface area contributed by atoms with Crippen LogP contribution in [-0.4, -0.2) is 31.3 Å². The van der Waals surface area contributed by atoms with Crippen LogP contribution in [0.1, 0.15) is 36.6 Å². The summed E-state index contributed by atoms with van der Waals surface area (Å²) in [6.07, 6.45) is 0. The average Bonchev–Trinajstić information content (AvgIpc) is 3.02. The van der Waals surface area contributed by atoms with Crippen LogP contribution < -0.4 is 4.74 Å². The number of esters is 1. The van der Waals surface area contributed by atoms with Gasteiger partial charge in [0.05, 0.1) is 17.6 Å². The van der Waals surface area contributed by atoms with E-state index in [4.69, 9.17) is 9.47 Å². The second-order valence-corrected chi connectivity index (χ2v) is 5.65. The topological polar surface area (TPSA) is 69.7 Å². The van der Waals surface area contributed by atoms with Gasteiger partial charge in [0.15, 0.2) is 12.4 Å². The van der Waals surface area contributed by atoms with Crippen LogP contribution in [0.4, 0.5) is 4.39 Å². The molecule has 23 heavy (non-hydrogen) atoms. The minimum absolute atomic E-state index is 0.00379. The first-order valence-corrected chi connectivity index (χ1v) is 7.38. The van der Waals surface area contributed by atoms with Crippen molar-refractivity contribution in [2.75, 3.05) is 13.7 Å². The number of carbonyl (C=O) groups is 3. The summed E-state index contributed by atoms with van der Waals surface area (Å²) in [5, 5.41) is 0. The molecule has 7 heteroatoms. The molecule has 1 aromatic carbocycles. The van der Waals surface area contributed by atoms with Gasteiger partial charge in [0.2, 0.25) is 5.78 Å². The minimum atomic E-state index is -0.716. The van der Waals surface area contributed by atoms with E-state index < -0.39 is 24.2 Å². The van der Waals surface area contributed by atoms with Gasteiger partial charge in [-0.05, 0) is 37.3 Å². The molecule has 0 spiro atoms. The highest BCUT2D eigenvalue weighted by Gasteiger charge is 2.18. The van der Waals surface area contributed by atoms with Crippen LogP contribution in [0, 0.1) is 5.82 Å². The van der Waals surface area contributed by atoms with Crippen molar-refractivity contribution in [3.63, 3.8) is 0 Å². The van der Waals surface area contributed by atoms with Crippen LogP contribution in [-0.2, 0) is 4.74 Å². The van der Waals surface area contributed by atoms with Crippen molar-refractivity contribution in [3.8, 4) is 5.75 Å². The Balaban J connectivity index is 2.05. The molecule has 0 saturated carbocycles. The molecule has 0 amide bonds. The van der Waals surface area contributed by atoms with Gasteiger partial charge in [-0.3, -0.25) is 9.59 Å². The quantitative estimate of drug-likeness (QED) is 0.599. The number of ketones is 2. The smallest absolute Gasteiger partial charge is 0.348 e. The van der Waals surface area contributed by atoms with Gasteiger partial charge in [-0.25, -0.2) is 9.18 Å². The van der Waals surface area contributed by atoms with E-state index in [9.17, 15) is 18.8 Å². The second-order valence-electron chi connectivity index (χ2n) is 4.56. The predicted molar refractivity (Wildman–Crippen MR) is 81.9 cm³/mol. The molecular weight excluding hydrogens is 323 g/mol. The Bertz CT molecular complexity index is 766. The zero-order valence-corrected chi connectivity index (χ0v) is 13.2. The van der Waals surface area contributed by atoms with E-state index in [0.29, 0.717) is 4.88 Å². The lowest BCUT2D eigenvalue weighted by molar-refractivity contribution is 0.0478. The minimum Gasteiger partial charge on any atom is -0.496 e. The van der Waals surface area contributed by atoms with Gasteiger partial charge in [-0.1, -0.05) is 0 Å². The Morgan fingerprint density at radius 3 is 2.43 bits per heavy atom. The van der Waals surface area contributed by atoms with Crippen molar-refractivity contribution < 1.29 is 28.2 Å². The fourth-order valence-electron chi connectivity index (χ4n) is 1.81. The first-order chi connectivity index (χ1) is 10.9. The molecule has 2 rings (SSSR count). The Morgan fingerprint density at radius 2 is 1.83 bits per heavy atom. The number of benzene rings is 1. The molecule has 0 radical (unpaired) electrons. The lowest BCUT2D eigenvalue weighted by Gasteiger charge is -2.08. The van der Waals surface area contributed by atoms with Crippen LogP contribution >= 0.6 is 11.3 Å². The van der Waals surface area contributed by atoms with Crippen molar-refractivity contribution >= 4 is 28.9 Å². The summed E-state index contributed by atoms with van der Waals surface area (Å²) in [5.41, 5.74) is -0.00379. The van der Waals surface area contributed by atoms with Crippen molar-refractivity contribution in [1.29, 1.82) is 0 Å². The van der Waals surface area contributed by atoms with E-state index >= 15 is 0 Å². The highest BCUT2D eigenvalue weighted by Crippen LogP contribution is 2.21. The summed E-state index contributed by atoms with van der Waals surface area (Å²) in [7, 11) is 1.35. The monoisotopic (exact) mass is 336 g/mol. The number of ether oxygens (including phenoxy) is 2. The van der Waals surface area contributed by atoms with E-state index in [0.717, 1.165) is 23.5 Å². The number of Topliss-reactive ketones (excluding diaryl/α,β-unsaturated/α-hetero) is 2. The first-order valence-electron chi connectivity index (χ1n) is 6.57. The summed E-state index contributed by atoms with van der Waals surface area (Å²) >= 11 is 0.987. The molecule has 0 aliphatic carbocycles. The van der Waals surface area contributed by atoms with Crippen molar-refractivity contribution in [1.82, 2.24) is 0 Å². The van der Waals surface area contributed by atoms with E-state index in [2.05, 4.69) is 0 Å². The Kier molecular flexibility index (Phi) is 5.23. The molecule has 0 aliphatic rings. The van der Waals surface area contributed by atoms with Crippen molar-refractivity contribution in [2.45, 2.75) is 6.92 Å². The van der Waals surface area contributed by atoms with Gasteiger partial charge in [0.25, 0.3) is 0 Å². The summed E-state index contributed by atoms with van der Waals surface area (Å²) < 4.78 is 23.1. The molecule has 0 fully saturated rings. The molecule has 1 heterocycles. The summed E-state index contributed by atoms with van der Waals surface area (Å²) in [6, 6.07) is 6.48. The highest BCUT2D eigenvalue weighted by atomic mass is 32.1. The molecular formula is C16H13FO5S. The van der Waals surface area contributed by atoms with Crippen molar-refractivity contribution in [2.24, 2.45) is 0 Å². The predicted octanol–water partition coefficient (Wildman–Crippen LogP) is 3.14. The third-order valence-corrected chi connectivity index (χ3v) is 4.12. The van der Waals surface area contributed by atoms with E-state index in [1.807, 2.05) is 0 Å². The Hall–Kier alpha value is -2.54. The molecule has 0 saturated heterocycles. The summed E-state index contributed by atoms with van der Waals surface area (Å²) in [6.45, 7) is 0.840. The van der Waals surface area contributed by atoms with E-state index in [-0.39, 0.29) is 22.0 Å². The second kappa shape index (κ2) is 7.15. The molecule has 0 unspecified atom stereocenters. The number of rotatable bonds is 6. The van der Waals surface area contributed by atoms with Gasteiger partial charge in [-0.2, -0.15) is 0 Å². The fourth-order valence-corrected chi connectivity index (χ4v) is 2.61. The normalized spacial score (nSPS) is 10.2. The number of methoxy groups -OCH3 is 1. The largest absolute Gasteiger partial charge is 0.496 e. The number of thiophene rings is 1. The number of hydrogen-bond donors (Lipinski definition) is 0. The standard InChI is InChI=1S/C16H13FO5S/c1-9(18)14-5-6-15(23-14)16(20)22-8-12(19)11-7-10(17)3-4-13(11)21-2/h3-7H,8H2,1-2H3. The molecule has 0 aliphatic heterocycles. The summed E-state index contributed by atoms with van der Waals surface area (Å²) in [5.74, 6) is -1.86. The Labute approximate surface area is 135 Å². The maximum absolute atomic E-state index is 13.2. The van der Waals surface area contributed by atoms with Crippen LogP contribution in [0.15, 0.2) is 30.3 Å². The Morgan fingerprint density at radius 1 is 1.13 bits per heavy atom. The van der Waals surface area contributed by atoms with Crippen LogP contribution in [0.5, 0.6) is 5.75 Å². The van der Waals surface area contributed by atoms with Gasteiger partial charge in [-0.15, -0.1) is 11.3 Å². The van der Waals surface area contributed by atoms with E-state index in [1.165, 1.54) is 32.2 Å². The third kappa shape index (κ3) is 4.01. The molecule has 120 valence electrons. The molecule has 1 aromatic heterocycles. The van der Waals surface area contributed by atoms with Crippen LogP contribution in [0.25, 0.3) is 0 Å². The first kappa shape index (κ1) is 16.8. The molecule has 2 aromatic rings.